The normalized spacial score (nSPS) is 12.5. The molecule has 0 spiro atoms. The van der Waals surface area contributed by atoms with Gasteiger partial charge in [-0.15, -0.1) is 0 Å². The van der Waals surface area contributed by atoms with Crippen LogP contribution in [-0.2, 0) is 17.6 Å². The molecule has 5 nitrogen and oxygen atoms in total. The van der Waals surface area contributed by atoms with Crippen LogP contribution in [0.3, 0.4) is 0 Å². The Balaban J connectivity index is 1.95. The molecule has 2 heterocycles. The van der Waals surface area contributed by atoms with E-state index in [1.165, 1.54) is 6.07 Å². The number of ether oxygens (including phenoxy) is 1. The third kappa shape index (κ3) is 2.89. The lowest BCUT2D eigenvalue weighted by atomic mass is 9.86. The molecule has 0 saturated heterocycles. The van der Waals surface area contributed by atoms with Crippen LogP contribution in [0.1, 0.15) is 22.3 Å². The minimum atomic E-state index is -1.05. The van der Waals surface area contributed by atoms with Gasteiger partial charge in [0, 0.05) is 29.0 Å². The van der Waals surface area contributed by atoms with Crippen molar-refractivity contribution in [3.63, 3.8) is 0 Å². The van der Waals surface area contributed by atoms with Crippen LogP contribution in [0.15, 0.2) is 42.6 Å². The molecule has 1 N–H and O–H groups in total. The molecule has 31 heavy (non-hydrogen) atoms. The van der Waals surface area contributed by atoms with Crippen LogP contribution in [0.25, 0.3) is 32.8 Å². The Morgan fingerprint density at radius 1 is 1.26 bits per heavy atom. The average molecular weight is 412 g/mol. The second-order valence-electron chi connectivity index (χ2n) is 7.64. The lowest BCUT2D eigenvalue weighted by Gasteiger charge is -2.22. The Hall–Kier alpha value is -3.98. The van der Waals surface area contributed by atoms with E-state index in [0.29, 0.717) is 34.2 Å². The number of aliphatic carboxylic acids is 1. The monoisotopic (exact) mass is 412 g/mol. The highest BCUT2D eigenvalue weighted by Gasteiger charge is 2.24. The van der Waals surface area contributed by atoms with E-state index in [0.717, 1.165) is 28.7 Å². The highest BCUT2D eigenvalue weighted by atomic mass is 19.1. The maximum absolute atomic E-state index is 15.3. The minimum absolute atomic E-state index is 0.261. The summed E-state index contributed by atoms with van der Waals surface area (Å²) >= 11 is 0. The van der Waals surface area contributed by atoms with Crippen LogP contribution in [-0.4, -0.2) is 22.7 Å². The quantitative estimate of drug-likeness (QED) is 0.516. The fraction of sp³-hybridized carbons (Fsp3) is 0.160. The molecule has 0 amide bonds. The number of pyridine rings is 1. The van der Waals surface area contributed by atoms with Gasteiger partial charge in [0.15, 0.2) is 0 Å². The van der Waals surface area contributed by atoms with Crippen molar-refractivity contribution in [1.29, 1.82) is 5.26 Å². The maximum atomic E-state index is 15.3. The van der Waals surface area contributed by atoms with Crippen LogP contribution in [0, 0.1) is 24.1 Å². The predicted octanol–water partition coefficient (Wildman–Crippen LogP) is 4.94. The molecular formula is C25H17FN2O3. The number of carboxylic acids is 1. The van der Waals surface area contributed by atoms with Gasteiger partial charge in [0.2, 0.25) is 0 Å². The molecule has 0 saturated carbocycles. The molecule has 1 aromatic heterocycles. The number of nitrogens with zero attached hydrogens (tertiary/aromatic N) is 2. The molecule has 152 valence electrons. The van der Waals surface area contributed by atoms with Gasteiger partial charge >= 0.3 is 5.97 Å². The van der Waals surface area contributed by atoms with Crippen molar-refractivity contribution in [2.75, 3.05) is 6.61 Å². The summed E-state index contributed by atoms with van der Waals surface area (Å²) in [7, 11) is 0. The fourth-order valence-electron chi connectivity index (χ4n) is 4.48. The SMILES string of the molecule is Cc1c(CC(=O)O)c(-c2ccc3c4c(ccnc24)CCO3)c2ccc(C#N)cc2c1F. The van der Waals surface area contributed by atoms with E-state index in [-0.39, 0.29) is 17.4 Å². The van der Waals surface area contributed by atoms with Crippen molar-refractivity contribution in [2.24, 2.45) is 0 Å². The van der Waals surface area contributed by atoms with E-state index in [9.17, 15) is 15.2 Å². The van der Waals surface area contributed by atoms with Crippen molar-refractivity contribution in [1.82, 2.24) is 4.98 Å². The zero-order chi connectivity index (χ0) is 21.7. The predicted molar refractivity (Wildman–Crippen MR) is 115 cm³/mol. The van der Waals surface area contributed by atoms with E-state index in [4.69, 9.17) is 4.74 Å². The van der Waals surface area contributed by atoms with Crippen molar-refractivity contribution in [2.45, 2.75) is 19.8 Å². The number of carboxylic acid groups (broad SMARTS) is 1. The van der Waals surface area contributed by atoms with E-state index in [1.54, 1.807) is 25.3 Å². The molecule has 0 unspecified atom stereocenters. The van der Waals surface area contributed by atoms with E-state index < -0.39 is 11.8 Å². The molecule has 1 aliphatic rings. The molecule has 0 bridgehead atoms. The number of halogens is 1. The number of rotatable bonds is 3. The van der Waals surface area contributed by atoms with Crippen LogP contribution in [0.5, 0.6) is 5.75 Å². The number of benzene rings is 3. The number of hydrogen-bond donors (Lipinski definition) is 1. The first-order valence-electron chi connectivity index (χ1n) is 9.90. The van der Waals surface area contributed by atoms with E-state index >= 15 is 4.39 Å². The topological polar surface area (TPSA) is 83.2 Å². The van der Waals surface area contributed by atoms with Gasteiger partial charge in [0.05, 0.1) is 30.2 Å². The first-order valence-corrected chi connectivity index (χ1v) is 9.90. The summed E-state index contributed by atoms with van der Waals surface area (Å²) in [5, 5.41) is 20.6. The number of fused-ring (bicyclic) bond motifs is 1. The van der Waals surface area contributed by atoms with Crippen LogP contribution in [0.4, 0.5) is 4.39 Å². The number of carbonyl (C=O) groups is 1. The summed E-state index contributed by atoms with van der Waals surface area (Å²) in [6.07, 6.45) is 2.17. The van der Waals surface area contributed by atoms with Gasteiger partial charge in [0.25, 0.3) is 0 Å². The number of nitriles is 1. The van der Waals surface area contributed by atoms with Crippen molar-refractivity contribution >= 4 is 27.6 Å². The first-order chi connectivity index (χ1) is 15.0. The van der Waals surface area contributed by atoms with E-state index in [1.807, 2.05) is 24.3 Å². The molecule has 4 aromatic rings. The van der Waals surface area contributed by atoms with Gasteiger partial charge < -0.3 is 9.84 Å². The molecule has 0 radical (unpaired) electrons. The molecule has 0 aliphatic carbocycles. The van der Waals surface area contributed by atoms with Crippen LogP contribution in [0.2, 0.25) is 0 Å². The van der Waals surface area contributed by atoms with Gasteiger partial charge in [-0.05, 0) is 64.9 Å². The maximum Gasteiger partial charge on any atom is 0.307 e. The van der Waals surface area contributed by atoms with Gasteiger partial charge in [-0.25, -0.2) is 4.39 Å². The lowest BCUT2D eigenvalue weighted by molar-refractivity contribution is -0.136. The second kappa shape index (κ2) is 7.06. The zero-order valence-corrected chi connectivity index (χ0v) is 16.7. The summed E-state index contributed by atoms with van der Waals surface area (Å²) in [6.45, 7) is 2.17. The minimum Gasteiger partial charge on any atom is -0.493 e. The van der Waals surface area contributed by atoms with Crippen LogP contribution >= 0.6 is 0 Å². The second-order valence-corrected chi connectivity index (χ2v) is 7.64. The highest BCUT2D eigenvalue weighted by Crippen LogP contribution is 2.43. The number of hydrogen-bond acceptors (Lipinski definition) is 4. The lowest BCUT2D eigenvalue weighted by Crippen LogP contribution is -2.10. The third-order valence-corrected chi connectivity index (χ3v) is 5.90. The molecule has 6 heteroatoms. The average Bonchev–Trinajstić information content (AvgIpc) is 2.78. The van der Waals surface area contributed by atoms with Crippen molar-refractivity contribution in [3.05, 3.63) is 70.7 Å². The molecule has 0 atom stereocenters. The van der Waals surface area contributed by atoms with Gasteiger partial charge in [-0.2, -0.15) is 5.26 Å². The van der Waals surface area contributed by atoms with Gasteiger partial charge in [-0.1, -0.05) is 6.07 Å². The zero-order valence-electron chi connectivity index (χ0n) is 16.7. The van der Waals surface area contributed by atoms with Crippen molar-refractivity contribution in [3.8, 4) is 22.9 Å². The Morgan fingerprint density at radius 2 is 2.10 bits per heavy atom. The summed E-state index contributed by atoms with van der Waals surface area (Å²) in [5.41, 5.74) is 4.16. The highest BCUT2D eigenvalue weighted by molar-refractivity contribution is 6.08. The summed E-state index contributed by atoms with van der Waals surface area (Å²) < 4.78 is 21.1. The first kappa shape index (κ1) is 19.0. The molecule has 5 rings (SSSR count). The molecule has 3 aromatic carbocycles. The molecular weight excluding hydrogens is 395 g/mol. The van der Waals surface area contributed by atoms with Crippen molar-refractivity contribution < 1.29 is 19.0 Å². The van der Waals surface area contributed by atoms with E-state index in [2.05, 4.69) is 4.98 Å². The summed E-state index contributed by atoms with van der Waals surface area (Å²) in [6, 6.07) is 12.5. The Labute approximate surface area is 177 Å². The smallest absolute Gasteiger partial charge is 0.307 e. The summed E-state index contributed by atoms with van der Waals surface area (Å²) in [4.78, 5) is 16.3. The van der Waals surface area contributed by atoms with Crippen LogP contribution < -0.4 is 4.74 Å². The largest absolute Gasteiger partial charge is 0.493 e. The summed E-state index contributed by atoms with van der Waals surface area (Å²) in [5.74, 6) is -0.815. The Bertz CT molecular complexity index is 1440. The molecule has 1 aliphatic heterocycles. The fourth-order valence-corrected chi connectivity index (χ4v) is 4.48. The standard InChI is InChI=1S/C25H17FN2O3/c1-13-18(11-21(29)30)23(16-3-2-14(12-27)10-19(16)24(13)26)17-4-5-20-22-15(7-9-31-20)6-8-28-25(17)22/h2-6,8,10H,7,9,11H2,1H3,(H,29,30). The Kier molecular flexibility index (Phi) is 4.33. The third-order valence-electron chi connectivity index (χ3n) is 5.90. The Morgan fingerprint density at radius 3 is 2.87 bits per heavy atom. The van der Waals surface area contributed by atoms with Gasteiger partial charge in [-0.3, -0.25) is 9.78 Å². The van der Waals surface area contributed by atoms with Gasteiger partial charge in [0.1, 0.15) is 11.6 Å². The molecule has 0 fully saturated rings. The number of aromatic nitrogens is 1.